The molecule has 1 rings (SSSR count). The van der Waals surface area contributed by atoms with Gasteiger partial charge < -0.3 is 9.84 Å². The Hall–Kier alpha value is -1.44. The third kappa shape index (κ3) is 5.26. The molecule has 0 heterocycles. The van der Waals surface area contributed by atoms with Crippen LogP contribution in [0.1, 0.15) is 17.5 Å². The monoisotopic (exact) mass is 264 g/mol. The molecule has 0 aliphatic carbocycles. The van der Waals surface area contributed by atoms with Crippen molar-refractivity contribution in [2.24, 2.45) is 0 Å². The Morgan fingerprint density at radius 3 is 2.94 bits per heavy atom. The van der Waals surface area contributed by atoms with E-state index in [1.165, 1.54) is 7.11 Å². The molecule has 0 saturated heterocycles. The Kier molecular flexibility index (Phi) is 7.00. The third-order valence-corrected chi connectivity index (χ3v) is 3.26. The van der Waals surface area contributed by atoms with Gasteiger partial charge in [-0.15, -0.1) is 0 Å². The fourth-order valence-corrected chi connectivity index (χ4v) is 2.27. The lowest BCUT2D eigenvalue weighted by molar-refractivity contribution is -0.140. The lowest BCUT2D eigenvalue weighted by Crippen LogP contribution is -2.01. The van der Waals surface area contributed by atoms with Crippen molar-refractivity contribution >= 4 is 17.7 Å². The van der Waals surface area contributed by atoms with Crippen LogP contribution in [-0.2, 0) is 15.3 Å². The predicted octanol–water partition coefficient (Wildman–Crippen LogP) is 1.83. The first-order chi connectivity index (χ1) is 8.77. The maximum Gasteiger partial charge on any atom is 0.306 e. The molecule has 3 nitrogen and oxygen atoms in total. The van der Waals surface area contributed by atoms with Crippen LogP contribution < -0.4 is 0 Å². The van der Waals surface area contributed by atoms with Gasteiger partial charge in [0, 0.05) is 17.1 Å². The smallest absolute Gasteiger partial charge is 0.306 e. The summed E-state index contributed by atoms with van der Waals surface area (Å²) in [6.45, 7) is -0.135. The molecule has 0 spiro atoms. The van der Waals surface area contributed by atoms with Crippen molar-refractivity contribution in [1.29, 1.82) is 0 Å². The van der Waals surface area contributed by atoms with E-state index in [1.807, 2.05) is 24.3 Å². The second kappa shape index (κ2) is 8.62. The average Bonchev–Trinajstić information content (AvgIpc) is 2.42. The van der Waals surface area contributed by atoms with E-state index in [2.05, 4.69) is 16.6 Å². The van der Waals surface area contributed by atoms with Crippen LogP contribution in [0.5, 0.6) is 0 Å². The molecule has 0 amide bonds. The first-order valence-corrected chi connectivity index (χ1v) is 6.75. The summed E-state index contributed by atoms with van der Waals surface area (Å²) in [5.74, 6) is 6.91. The van der Waals surface area contributed by atoms with Gasteiger partial charge in [0.15, 0.2) is 0 Å². The SMILES string of the molecule is COC(=O)CCSCc1ccccc1C#CCO. The molecule has 1 aromatic carbocycles. The minimum absolute atomic E-state index is 0.135. The molecule has 0 aromatic heterocycles. The minimum atomic E-state index is -0.184. The zero-order valence-electron chi connectivity index (χ0n) is 10.3. The Morgan fingerprint density at radius 1 is 1.44 bits per heavy atom. The van der Waals surface area contributed by atoms with E-state index in [0.29, 0.717) is 6.42 Å². The molecule has 0 aliphatic rings. The fraction of sp³-hybridized carbons (Fsp3) is 0.357. The number of carbonyl (C=O) groups is 1. The van der Waals surface area contributed by atoms with Gasteiger partial charge >= 0.3 is 5.97 Å². The Morgan fingerprint density at radius 2 is 2.22 bits per heavy atom. The largest absolute Gasteiger partial charge is 0.469 e. The molecule has 0 radical (unpaired) electrons. The van der Waals surface area contributed by atoms with Gasteiger partial charge in [-0.2, -0.15) is 11.8 Å². The van der Waals surface area contributed by atoms with Gasteiger partial charge in [0.2, 0.25) is 0 Å². The lowest BCUT2D eigenvalue weighted by Gasteiger charge is -2.04. The van der Waals surface area contributed by atoms with Gasteiger partial charge in [-0.25, -0.2) is 0 Å². The van der Waals surface area contributed by atoms with Crippen LogP contribution in [0.3, 0.4) is 0 Å². The first kappa shape index (κ1) is 14.6. The van der Waals surface area contributed by atoms with Crippen molar-refractivity contribution in [1.82, 2.24) is 0 Å². The van der Waals surface area contributed by atoms with Gasteiger partial charge in [-0.05, 0) is 11.6 Å². The lowest BCUT2D eigenvalue weighted by atomic mass is 10.1. The number of carbonyl (C=O) groups excluding carboxylic acids is 1. The van der Waals surface area contributed by atoms with E-state index >= 15 is 0 Å². The summed E-state index contributed by atoms with van der Waals surface area (Å²) in [6.07, 6.45) is 0.422. The summed E-state index contributed by atoms with van der Waals surface area (Å²) in [5, 5.41) is 8.69. The van der Waals surface area contributed by atoms with Crippen molar-refractivity contribution in [3.63, 3.8) is 0 Å². The molecule has 0 saturated carbocycles. The Bertz CT molecular complexity index is 446. The molecule has 0 atom stereocenters. The minimum Gasteiger partial charge on any atom is -0.469 e. The number of aliphatic hydroxyl groups is 1. The molecule has 0 fully saturated rings. The van der Waals surface area contributed by atoms with Crippen molar-refractivity contribution in [3.8, 4) is 11.8 Å². The maximum atomic E-state index is 10.9. The van der Waals surface area contributed by atoms with E-state index in [4.69, 9.17) is 5.11 Å². The van der Waals surface area contributed by atoms with E-state index in [0.717, 1.165) is 22.6 Å². The summed E-state index contributed by atoms with van der Waals surface area (Å²) in [6, 6.07) is 7.82. The first-order valence-electron chi connectivity index (χ1n) is 5.60. The van der Waals surface area contributed by atoms with E-state index in [-0.39, 0.29) is 12.6 Å². The highest BCUT2D eigenvalue weighted by atomic mass is 32.2. The van der Waals surface area contributed by atoms with Gasteiger partial charge in [-0.1, -0.05) is 30.0 Å². The van der Waals surface area contributed by atoms with Crippen LogP contribution in [0.15, 0.2) is 24.3 Å². The molecule has 18 heavy (non-hydrogen) atoms. The molecular weight excluding hydrogens is 248 g/mol. The van der Waals surface area contributed by atoms with Crippen LogP contribution in [0.25, 0.3) is 0 Å². The molecule has 96 valence electrons. The van der Waals surface area contributed by atoms with Crippen molar-refractivity contribution in [2.45, 2.75) is 12.2 Å². The summed E-state index contributed by atoms with van der Waals surface area (Å²) in [5.41, 5.74) is 2.05. The normalized spacial score (nSPS) is 9.44. The topological polar surface area (TPSA) is 46.5 Å². The third-order valence-electron chi connectivity index (χ3n) is 2.26. The highest BCUT2D eigenvalue weighted by Crippen LogP contribution is 2.16. The summed E-state index contributed by atoms with van der Waals surface area (Å²) < 4.78 is 4.58. The highest BCUT2D eigenvalue weighted by Gasteiger charge is 2.02. The van der Waals surface area contributed by atoms with Crippen LogP contribution in [0.2, 0.25) is 0 Å². The van der Waals surface area contributed by atoms with Crippen LogP contribution in [-0.4, -0.2) is 30.5 Å². The standard InChI is InChI=1S/C14H16O3S/c1-17-14(16)8-10-18-11-13-6-3-2-5-12(13)7-4-9-15/h2-3,5-6,15H,8-11H2,1H3. The fourth-order valence-electron chi connectivity index (χ4n) is 1.34. The summed E-state index contributed by atoms with van der Waals surface area (Å²) in [7, 11) is 1.40. The number of thioether (sulfide) groups is 1. The molecular formula is C14H16O3S. The number of ether oxygens (including phenoxy) is 1. The van der Waals surface area contributed by atoms with Crippen molar-refractivity contribution in [2.75, 3.05) is 19.5 Å². The van der Waals surface area contributed by atoms with E-state index in [1.54, 1.807) is 11.8 Å². The molecule has 1 aromatic rings. The second-order valence-electron chi connectivity index (χ2n) is 3.50. The molecule has 1 N–H and O–H groups in total. The van der Waals surface area contributed by atoms with Gasteiger partial charge in [0.25, 0.3) is 0 Å². The number of esters is 1. The van der Waals surface area contributed by atoms with Crippen LogP contribution in [0, 0.1) is 11.8 Å². The zero-order chi connectivity index (χ0) is 13.2. The molecule has 4 heteroatoms. The van der Waals surface area contributed by atoms with Crippen molar-refractivity contribution < 1.29 is 14.6 Å². The number of hydrogen-bond acceptors (Lipinski definition) is 4. The second-order valence-corrected chi connectivity index (χ2v) is 4.60. The number of hydrogen-bond donors (Lipinski definition) is 1. The quantitative estimate of drug-likeness (QED) is 0.501. The van der Waals surface area contributed by atoms with E-state index < -0.39 is 0 Å². The number of aliphatic hydroxyl groups excluding tert-OH is 1. The van der Waals surface area contributed by atoms with E-state index in [9.17, 15) is 4.79 Å². The average molecular weight is 264 g/mol. The van der Waals surface area contributed by atoms with Crippen LogP contribution >= 0.6 is 11.8 Å². The molecule has 0 bridgehead atoms. The number of rotatable bonds is 5. The van der Waals surface area contributed by atoms with Gasteiger partial charge in [0.1, 0.15) is 6.61 Å². The number of methoxy groups -OCH3 is 1. The van der Waals surface area contributed by atoms with Crippen molar-refractivity contribution in [3.05, 3.63) is 35.4 Å². The number of benzene rings is 1. The maximum absolute atomic E-state index is 10.9. The summed E-state index contributed by atoms with van der Waals surface area (Å²) in [4.78, 5) is 10.9. The summed E-state index contributed by atoms with van der Waals surface area (Å²) >= 11 is 1.67. The highest BCUT2D eigenvalue weighted by molar-refractivity contribution is 7.98. The predicted molar refractivity (Wildman–Crippen MR) is 73.2 cm³/mol. The van der Waals surface area contributed by atoms with Gasteiger partial charge in [0.05, 0.1) is 13.5 Å². The molecule has 0 aliphatic heterocycles. The Labute approximate surface area is 112 Å². The van der Waals surface area contributed by atoms with Crippen LogP contribution in [0.4, 0.5) is 0 Å². The molecule has 0 unspecified atom stereocenters. The van der Waals surface area contributed by atoms with Gasteiger partial charge in [-0.3, -0.25) is 4.79 Å². The zero-order valence-corrected chi connectivity index (χ0v) is 11.1. The Balaban J connectivity index is 2.49.